The Kier molecular flexibility index (Phi) is 6.51. The molecule has 0 bridgehead atoms. The maximum absolute atomic E-state index is 11.9. The molecule has 2 rings (SSSR count). The Hall–Kier alpha value is -3.13. The van der Waals surface area contributed by atoms with Crippen molar-refractivity contribution in [3.8, 4) is 5.75 Å². The fourth-order valence-electron chi connectivity index (χ4n) is 1.96. The number of nitrogens with one attached hydrogen (secondary N) is 1. The number of hydrogen-bond acceptors (Lipinski definition) is 6. The summed E-state index contributed by atoms with van der Waals surface area (Å²) in [5.41, 5.74) is -0.410. The average molecular weight is 379 g/mol. The average Bonchev–Trinajstić information content (AvgIpc) is 2.60. The molecule has 0 spiro atoms. The first-order valence-electron chi connectivity index (χ1n) is 7.49. The van der Waals surface area contributed by atoms with E-state index in [-0.39, 0.29) is 16.4 Å². The summed E-state index contributed by atoms with van der Waals surface area (Å²) in [5, 5.41) is 13.5. The first kappa shape index (κ1) is 19.2. The number of nitro groups is 1. The van der Waals surface area contributed by atoms with E-state index in [9.17, 15) is 19.7 Å². The van der Waals surface area contributed by atoms with Gasteiger partial charge in [0.1, 0.15) is 11.4 Å². The van der Waals surface area contributed by atoms with Gasteiger partial charge >= 0.3 is 5.97 Å². The minimum atomic E-state index is -0.925. The van der Waals surface area contributed by atoms with E-state index in [1.807, 2.05) is 0 Å². The first-order chi connectivity index (χ1) is 12.4. The van der Waals surface area contributed by atoms with E-state index in [4.69, 9.17) is 21.1 Å². The molecule has 0 aliphatic rings. The van der Waals surface area contributed by atoms with Crippen molar-refractivity contribution in [2.24, 2.45) is 0 Å². The number of carbonyl (C=O) groups excluding carboxylic acids is 2. The number of ether oxygens (including phenoxy) is 2. The Balaban J connectivity index is 1.89. The number of halogens is 1. The molecule has 2 aromatic rings. The van der Waals surface area contributed by atoms with Crippen LogP contribution in [-0.4, -0.2) is 29.5 Å². The third-order valence-corrected chi connectivity index (χ3v) is 3.40. The van der Waals surface area contributed by atoms with Gasteiger partial charge < -0.3 is 14.8 Å². The van der Waals surface area contributed by atoms with E-state index in [1.165, 1.54) is 25.1 Å². The maximum Gasteiger partial charge on any atom is 0.347 e. The van der Waals surface area contributed by atoms with Gasteiger partial charge in [0.15, 0.2) is 12.7 Å². The normalized spacial score (nSPS) is 11.3. The number of hydrogen-bond donors (Lipinski definition) is 1. The number of rotatable bonds is 7. The molecule has 1 amide bonds. The van der Waals surface area contributed by atoms with Crippen LogP contribution in [0.1, 0.15) is 6.92 Å². The third-order valence-electron chi connectivity index (χ3n) is 3.16. The van der Waals surface area contributed by atoms with Crippen LogP contribution in [0.15, 0.2) is 48.5 Å². The van der Waals surface area contributed by atoms with E-state index >= 15 is 0 Å². The Morgan fingerprint density at radius 2 is 1.92 bits per heavy atom. The zero-order valence-corrected chi connectivity index (χ0v) is 14.4. The molecular weight excluding hydrogens is 364 g/mol. The highest BCUT2D eigenvalue weighted by Crippen LogP contribution is 2.27. The summed E-state index contributed by atoms with van der Waals surface area (Å²) in [7, 11) is 0. The number of carbonyl (C=O) groups is 2. The summed E-state index contributed by atoms with van der Waals surface area (Å²) >= 11 is 5.78. The Morgan fingerprint density at radius 3 is 2.58 bits per heavy atom. The number of benzene rings is 2. The van der Waals surface area contributed by atoms with Crippen LogP contribution in [0.3, 0.4) is 0 Å². The van der Waals surface area contributed by atoms with Crippen molar-refractivity contribution in [3.05, 3.63) is 63.7 Å². The van der Waals surface area contributed by atoms with Crippen LogP contribution >= 0.6 is 11.6 Å². The van der Waals surface area contributed by atoms with Crippen LogP contribution in [0.5, 0.6) is 5.75 Å². The van der Waals surface area contributed by atoms with Crippen LogP contribution in [0.4, 0.5) is 11.4 Å². The van der Waals surface area contributed by atoms with Gasteiger partial charge in [-0.25, -0.2) is 4.79 Å². The van der Waals surface area contributed by atoms with Crippen molar-refractivity contribution in [3.63, 3.8) is 0 Å². The summed E-state index contributed by atoms with van der Waals surface area (Å²) in [6.07, 6.45) is -0.925. The quantitative estimate of drug-likeness (QED) is 0.450. The predicted octanol–water partition coefficient (Wildman–Crippen LogP) is 3.20. The second kappa shape index (κ2) is 8.82. The molecule has 9 heteroatoms. The van der Waals surface area contributed by atoms with Crippen molar-refractivity contribution in [2.75, 3.05) is 11.9 Å². The van der Waals surface area contributed by atoms with Gasteiger partial charge in [-0.15, -0.1) is 0 Å². The number of para-hydroxylation sites is 1. The topological polar surface area (TPSA) is 108 Å². The number of nitrogens with zero attached hydrogens (tertiary/aromatic N) is 1. The van der Waals surface area contributed by atoms with Crippen molar-refractivity contribution < 1.29 is 24.0 Å². The molecule has 0 heterocycles. The molecule has 136 valence electrons. The van der Waals surface area contributed by atoms with Crippen LogP contribution in [0.2, 0.25) is 5.02 Å². The fraction of sp³-hybridized carbons (Fsp3) is 0.176. The molecule has 0 unspecified atom stereocenters. The largest absolute Gasteiger partial charge is 0.479 e. The third kappa shape index (κ3) is 5.45. The minimum Gasteiger partial charge on any atom is -0.479 e. The summed E-state index contributed by atoms with van der Waals surface area (Å²) in [5.74, 6) is -1.00. The van der Waals surface area contributed by atoms with Gasteiger partial charge in [-0.1, -0.05) is 29.8 Å². The van der Waals surface area contributed by atoms with Gasteiger partial charge in [-0.2, -0.15) is 0 Å². The summed E-state index contributed by atoms with van der Waals surface area (Å²) in [6.45, 7) is 0.861. The number of esters is 1. The standard InChI is InChI=1S/C17H15ClN2O6/c1-11(26-13-5-3-2-4-6-13)17(22)25-10-16(21)19-14-9-12(18)7-8-15(14)20(23)24/h2-9,11H,10H2,1H3,(H,19,21)/t11-/m1/s1. The van der Waals surface area contributed by atoms with E-state index in [0.29, 0.717) is 5.75 Å². The molecule has 0 aliphatic heterocycles. The SMILES string of the molecule is C[C@@H](Oc1ccccc1)C(=O)OCC(=O)Nc1cc(Cl)ccc1[N+](=O)[O-]. The van der Waals surface area contributed by atoms with E-state index in [1.54, 1.807) is 30.3 Å². The van der Waals surface area contributed by atoms with E-state index < -0.39 is 29.5 Å². The van der Waals surface area contributed by atoms with Crippen molar-refractivity contribution in [2.45, 2.75) is 13.0 Å². The monoisotopic (exact) mass is 378 g/mol. The highest BCUT2D eigenvalue weighted by molar-refractivity contribution is 6.31. The molecule has 0 saturated carbocycles. The lowest BCUT2D eigenvalue weighted by molar-refractivity contribution is -0.383. The second-order valence-corrected chi connectivity index (χ2v) is 5.58. The lowest BCUT2D eigenvalue weighted by Crippen LogP contribution is -2.29. The molecule has 1 N–H and O–H groups in total. The first-order valence-corrected chi connectivity index (χ1v) is 7.86. The van der Waals surface area contributed by atoms with Gasteiger partial charge in [0.25, 0.3) is 11.6 Å². The molecular formula is C17H15ClN2O6. The minimum absolute atomic E-state index is 0.0860. The molecule has 8 nitrogen and oxygen atoms in total. The summed E-state index contributed by atoms with van der Waals surface area (Å²) in [6, 6.07) is 12.4. The van der Waals surface area contributed by atoms with Crippen LogP contribution < -0.4 is 10.1 Å². The number of nitro benzene ring substituents is 1. The second-order valence-electron chi connectivity index (χ2n) is 5.15. The van der Waals surface area contributed by atoms with Crippen molar-refractivity contribution in [1.82, 2.24) is 0 Å². The van der Waals surface area contributed by atoms with E-state index in [0.717, 1.165) is 0 Å². The molecule has 2 aromatic carbocycles. The Labute approximate surface area is 153 Å². The number of anilines is 1. The molecule has 0 fully saturated rings. The van der Waals surface area contributed by atoms with Crippen molar-refractivity contribution in [1.29, 1.82) is 0 Å². The van der Waals surface area contributed by atoms with Crippen molar-refractivity contribution >= 4 is 34.9 Å². The zero-order valence-electron chi connectivity index (χ0n) is 13.7. The smallest absolute Gasteiger partial charge is 0.347 e. The Bertz CT molecular complexity index is 812. The van der Waals surface area contributed by atoms with Crippen LogP contribution in [0, 0.1) is 10.1 Å². The molecule has 0 aliphatic carbocycles. The molecule has 0 radical (unpaired) electrons. The molecule has 26 heavy (non-hydrogen) atoms. The predicted molar refractivity (Wildman–Crippen MR) is 94.2 cm³/mol. The lowest BCUT2D eigenvalue weighted by atomic mass is 10.2. The number of amides is 1. The van der Waals surface area contributed by atoms with Gasteiger partial charge in [0.05, 0.1) is 4.92 Å². The fourth-order valence-corrected chi connectivity index (χ4v) is 2.13. The highest BCUT2D eigenvalue weighted by Gasteiger charge is 2.20. The highest BCUT2D eigenvalue weighted by atomic mass is 35.5. The van der Waals surface area contributed by atoms with Gasteiger partial charge in [0, 0.05) is 11.1 Å². The molecule has 0 saturated heterocycles. The van der Waals surface area contributed by atoms with Crippen LogP contribution in [0.25, 0.3) is 0 Å². The zero-order chi connectivity index (χ0) is 19.1. The molecule has 1 atom stereocenters. The van der Waals surface area contributed by atoms with Crippen LogP contribution in [-0.2, 0) is 14.3 Å². The maximum atomic E-state index is 11.9. The van der Waals surface area contributed by atoms with Gasteiger partial charge in [-0.05, 0) is 31.2 Å². The summed E-state index contributed by atoms with van der Waals surface area (Å²) < 4.78 is 10.2. The molecule has 0 aromatic heterocycles. The lowest BCUT2D eigenvalue weighted by Gasteiger charge is -2.14. The van der Waals surface area contributed by atoms with E-state index in [2.05, 4.69) is 5.32 Å². The Morgan fingerprint density at radius 1 is 1.23 bits per heavy atom. The summed E-state index contributed by atoms with van der Waals surface area (Å²) in [4.78, 5) is 34.1. The van der Waals surface area contributed by atoms with Gasteiger partial charge in [-0.3, -0.25) is 14.9 Å². The van der Waals surface area contributed by atoms with Gasteiger partial charge in [0.2, 0.25) is 0 Å².